The Morgan fingerprint density at radius 1 is 0.200 bits per heavy atom. The van der Waals surface area contributed by atoms with Crippen LogP contribution in [-0.2, 0) is 75.8 Å². The first-order valence-electron chi connectivity index (χ1n) is 34.4. The molecule has 0 saturated carbocycles. The third-order valence-electron chi connectivity index (χ3n) is 15.4. The summed E-state index contributed by atoms with van der Waals surface area (Å²) in [5.41, 5.74) is 3.47. The van der Waals surface area contributed by atoms with Crippen LogP contribution in [0, 0.1) is 0 Å². The molecule has 2 aliphatic rings. The molecule has 9 rings (SSSR count). The Balaban J connectivity index is 0.0000139. The van der Waals surface area contributed by atoms with E-state index < -0.39 is 0 Å². The summed E-state index contributed by atoms with van der Waals surface area (Å²) in [4.78, 5) is 39.4. The van der Waals surface area contributed by atoms with E-state index in [0.29, 0.717) is 218 Å². The van der Waals surface area contributed by atoms with Crippen LogP contribution < -0.4 is 37.9 Å². The summed E-state index contributed by atoms with van der Waals surface area (Å²) >= 11 is 0. The van der Waals surface area contributed by atoms with E-state index in [4.69, 9.17) is 144 Å². The standard InChI is InChI=1S/C72H98N8O24.Pb.2H/c1-81-9-17-89-25-33-97-57-41-49-50(42-58(57)98-34-26-90-18-10-82-2)66-73-65(49)77-67-51-43-59(99-35-27-91-19-11-83-3)60(100-36-28-92-20-12-84-4)44-52(51)69(74-67)79-71-55-47-63(103-39-31-95-23-15-87-7)64(104-40-32-96-24-16-88-8)48-56(55)72(76-71)80-70-54-46-62(102-38-30-94-22-14-86-6)61(45-53(54)68(75-70)78-66)101-37-29-93-21-13-85-5;;;/h41-48H,9-40H2,1-8H3,(H2,73,74,75,76,77,78,79,80);;;/q;+2;;. The molecule has 574 valence electrons. The van der Waals surface area contributed by atoms with E-state index in [9.17, 15) is 0 Å². The molecule has 0 fully saturated rings. The average Bonchev–Trinajstić information content (AvgIpc) is 1.60. The zero-order valence-corrected chi connectivity index (χ0v) is 66.9. The van der Waals surface area contributed by atoms with Crippen molar-refractivity contribution in [3.63, 3.8) is 0 Å². The van der Waals surface area contributed by atoms with E-state index >= 15 is 0 Å². The number of fused-ring (bicyclic) bond motifs is 20. The maximum atomic E-state index is 6.53. The van der Waals surface area contributed by atoms with E-state index in [0.717, 1.165) is 0 Å². The van der Waals surface area contributed by atoms with Crippen molar-refractivity contribution in [2.24, 2.45) is 0 Å². The monoisotopic (exact) mass is 1670 g/mol. The molecular weight excluding hydrogens is 1570 g/mol. The van der Waals surface area contributed by atoms with Crippen LogP contribution in [0.1, 0.15) is 0 Å². The summed E-state index contributed by atoms with van der Waals surface area (Å²) in [6.07, 6.45) is 0. The fourth-order valence-electron chi connectivity index (χ4n) is 10.4. The quantitative estimate of drug-likeness (QED) is 0.0312. The molecule has 33 heteroatoms. The van der Waals surface area contributed by atoms with Crippen molar-refractivity contribution in [2.45, 2.75) is 0 Å². The normalized spacial score (nSPS) is 11.7. The van der Waals surface area contributed by atoms with Crippen molar-refractivity contribution in [3.8, 4) is 91.5 Å². The van der Waals surface area contributed by atoms with E-state index in [2.05, 4.69) is 9.97 Å². The number of benzene rings is 4. The Hall–Kier alpha value is -7.08. The van der Waals surface area contributed by atoms with Crippen LogP contribution in [0.3, 0.4) is 0 Å². The van der Waals surface area contributed by atoms with Crippen molar-refractivity contribution in [1.82, 2.24) is 39.9 Å². The molecule has 0 atom stereocenters. The molecule has 0 amide bonds. The molecule has 7 aromatic rings. The van der Waals surface area contributed by atoms with Gasteiger partial charge in [0, 0.05) is 101 Å². The fourth-order valence-corrected chi connectivity index (χ4v) is 10.4. The Morgan fingerprint density at radius 2 is 0.352 bits per heavy atom. The van der Waals surface area contributed by atoms with Crippen molar-refractivity contribution < 1.29 is 114 Å². The molecular formula is C72H100N8O24Pb+2. The molecule has 0 aliphatic carbocycles. The molecule has 0 radical (unpaired) electrons. The number of nitrogens with zero attached hydrogens (tertiary/aromatic N) is 6. The molecule has 0 saturated heterocycles. The van der Waals surface area contributed by atoms with Crippen molar-refractivity contribution in [1.29, 1.82) is 0 Å². The van der Waals surface area contributed by atoms with Crippen molar-refractivity contribution >= 4 is 71.4 Å². The van der Waals surface area contributed by atoms with Crippen LogP contribution in [0.25, 0.3) is 89.7 Å². The van der Waals surface area contributed by atoms with Gasteiger partial charge in [0.1, 0.15) is 75.4 Å². The fraction of sp³-hybridized carbons (Fsp3) is 0.556. The molecule has 0 spiro atoms. The van der Waals surface area contributed by atoms with Gasteiger partial charge in [0.2, 0.25) is 0 Å². The number of aromatic nitrogens is 8. The summed E-state index contributed by atoms with van der Waals surface area (Å²) in [5, 5.41) is 2.27. The molecule has 8 bridgehead atoms. The second kappa shape index (κ2) is 47.6. The molecule has 5 heterocycles. The minimum atomic E-state index is 0. The summed E-state index contributed by atoms with van der Waals surface area (Å²) < 4.78 is 141. The Kier molecular flexibility index (Phi) is 37.9. The van der Waals surface area contributed by atoms with Gasteiger partial charge in [0.05, 0.1) is 159 Å². The van der Waals surface area contributed by atoms with Crippen molar-refractivity contribution in [3.05, 3.63) is 48.5 Å². The van der Waals surface area contributed by atoms with Crippen LogP contribution in [0.4, 0.5) is 0 Å². The molecule has 3 aromatic heterocycles. The van der Waals surface area contributed by atoms with Crippen LogP contribution in [0.5, 0.6) is 46.0 Å². The molecule has 32 nitrogen and oxygen atoms in total. The number of hydrogen-bond acceptors (Lipinski definition) is 30. The number of rotatable bonds is 56. The van der Waals surface area contributed by atoms with Gasteiger partial charge >= 0.3 is 27.3 Å². The van der Waals surface area contributed by atoms with E-state index in [1.54, 1.807) is 56.9 Å². The zero-order valence-electron chi connectivity index (χ0n) is 61.4. The van der Waals surface area contributed by atoms with Crippen molar-refractivity contribution in [2.75, 3.05) is 268 Å². The number of H-pyrrole nitrogens is 2. The third kappa shape index (κ3) is 25.5. The van der Waals surface area contributed by atoms with Crippen LogP contribution >= 0.6 is 0 Å². The molecule has 0 unspecified atom stereocenters. The molecule has 2 aliphatic heterocycles. The molecule has 2 N–H and O–H groups in total. The second-order valence-electron chi connectivity index (χ2n) is 22.6. The topological polar surface area (TPSA) is 330 Å². The van der Waals surface area contributed by atoms with Crippen LogP contribution in [0.2, 0.25) is 0 Å². The van der Waals surface area contributed by atoms with Gasteiger partial charge in [-0.15, -0.1) is 0 Å². The number of hydrogen-bond donors (Lipinski definition) is 2. The van der Waals surface area contributed by atoms with E-state index in [1.807, 2.05) is 48.5 Å². The number of aromatic amines is 2. The second-order valence-corrected chi connectivity index (χ2v) is 22.6. The van der Waals surface area contributed by atoms with Gasteiger partial charge < -0.3 is 124 Å². The first kappa shape index (κ1) is 83.6. The Morgan fingerprint density at radius 3 is 0.514 bits per heavy atom. The zero-order chi connectivity index (χ0) is 72.8. The predicted octanol–water partition coefficient (Wildman–Crippen LogP) is 6.29. The van der Waals surface area contributed by atoms with Gasteiger partial charge in [-0.05, 0) is 48.5 Å². The van der Waals surface area contributed by atoms with Gasteiger partial charge in [0.25, 0.3) is 0 Å². The predicted molar refractivity (Wildman–Crippen MR) is 390 cm³/mol. The SMILES string of the molecule is COCCOCCOc1cc2c(cc1OCCOCCOC)-c1nc-2nc2[nH]c(nc3nc(nc4[nH]c(n1)c1cc(OCCOCCOC)c(OCCOCCOC)cc41)-c1cc(OCCOCCOC)c(OCCOCCOC)cc1-3)c1cc(OCCOCCOC)c(OCCOCCOC)cc21.[PbH2+2]. The maximum absolute atomic E-state index is 6.53. The summed E-state index contributed by atoms with van der Waals surface area (Å²) in [5.74, 6) is 3.99. The molecule has 105 heavy (non-hydrogen) atoms. The summed E-state index contributed by atoms with van der Waals surface area (Å²) in [7, 11) is 12.9. The first-order valence-corrected chi connectivity index (χ1v) is 34.4. The van der Waals surface area contributed by atoms with Crippen LogP contribution in [-0.4, -0.2) is 335 Å². The van der Waals surface area contributed by atoms with Gasteiger partial charge in [-0.25, -0.2) is 29.9 Å². The minimum absolute atomic E-state index is 0. The number of methoxy groups -OCH3 is 8. The van der Waals surface area contributed by atoms with E-state index in [1.165, 1.54) is 0 Å². The summed E-state index contributed by atoms with van der Waals surface area (Å²) in [6, 6.07) is 14.7. The molecule has 4 aromatic carbocycles. The van der Waals surface area contributed by atoms with Gasteiger partial charge in [-0.2, -0.15) is 0 Å². The van der Waals surface area contributed by atoms with E-state index in [-0.39, 0.29) is 156 Å². The third-order valence-corrected chi connectivity index (χ3v) is 15.4. The Bertz CT molecular complexity index is 3410. The summed E-state index contributed by atoms with van der Waals surface area (Å²) in [6.45, 7) is 9.47. The van der Waals surface area contributed by atoms with Gasteiger partial charge in [0.15, 0.2) is 69.3 Å². The van der Waals surface area contributed by atoms with Crippen LogP contribution in [0.15, 0.2) is 48.5 Å². The van der Waals surface area contributed by atoms with Gasteiger partial charge in [-0.3, -0.25) is 0 Å². The number of nitrogens with one attached hydrogen (secondary N) is 2. The first-order chi connectivity index (χ1) is 51.3. The Labute approximate surface area is 630 Å². The average molecular weight is 1670 g/mol. The van der Waals surface area contributed by atoms with Gasteiger partial charge in [-0.1, -0.05) is 0 Å². The number of ether oxygens (including phenoxy) is 24.